The minimum atomic E-state index is -1.38. The average molecular weight is 314 g/mol. The van der Waals surface area contributed by atoms with Crippen molar-refractivity contribution in [1.82, 2.24) is 5.32 Å². The standard InChI is InChI=1S/C17H17NO5/c19-13-8-6-12(7-9-13)10-15(17(21)22)18-16(20)11-23-14-4-2-1-3-5-14/h1-9,15,19H,10-11H2,(H,18,20)(H,21,22)/p-1. The van der Waals surface area contributed by atoms with Crippen molar-refractivity contribution >= 4 is 11.9 Å². The number of aromatic hydroxyl groups is 1. The first-order chi connectivity index (χ1) is 11.0. The van der Waals surface area contributed by atoms with Crippen molar-refractivity contribution in [3.05, 3.63) is 60.2 Å². The average Bonchev–Trinajstić information content (AvgIpc) is 2.55. The largest absolute Gasteiger partial charge is 0.548 e. The van der Waals surface area contributed by atoms with Crippen LogP contribution in [0.2, 0.25) is 0 Å². The van der Waals surface area contributed by atoms with Crippen LogP contribution in [0.1, 0.15) is 5.56 Å². The molecule has 2 rings (SSSR count). The summed E-state index contributed by atoms with van der Waals surface area (Å²) in [7, 11) is 0. The first-order valence-electron chi connectivity index (χ1n) is 7.00. The van der Waals surface area contributed by atoms with E-state index >= 15 is 0 Å². The third-order valence-corrected chi connectivity index (χ3v) is 3.11. The number of carbonyl (C=O) groups is 2. The summed E-state index contributed by atoms with van der Waals surface area (Å²) in [4.78, 5) is 23.0. The highest BCUT2D eigenvalue weighted by Crippen LogP contribution is 2.11. The number of ether oxygens (including phenoxy) is 1. The number of rotatable bonds is 7. The van der Waals surface area contributed by atoms with Crippen LogP contribution >= 0.6 is 0 Å². The highest BCUT2D eigenvalue weighted by molar-refractivity contribution is 5.83. The summed E-state index contributed by atoms with van der Waals surface area (Å²) in [5.74, 6) is -1.34. The van der Waals surface area contributed by atoms with Crippen LogP contribution in [0.25, 0.3) is 0 Å². The lowest BCUT2D eigenvalue weighted by Crippen LogP contribution is -2.50. The second kappa shape index (κ2) is 7.84. The minimum Gasteiger partial charge on any atom is -0.548 e. The van der Waals surface area contributed by atoms with Gasteiger partial charge in [-0.1, -0.05) is 30.3 Å². The van der Waals surface area contributed by atoms with E-state index in [1.165, 1.54) is 12.1 Å². The minimum absolute atomic E-state index is 0.0552. The van der Waals surface area contributed by atoms with Gasteiger partial charge in [-0.3, -0.25) is 4.79 Å². The van der Waals surface area contributed by atoms with Crippen LogP contribution in [0.3, 0.4) is 0 Å². The maximum Gasteiger partial charge on any atom is 0.258 e. The molecule has 6 heteroatoms. The zero-order chi connectivity index (χ0) is 16.7. The third kappa shape index (κ3) is 5.35. The molecule has 0 bridgehead atoms. The van der Waals surface area contributed by atoms with Gasteiger partial charge >= 0.3 is 0 Å². The summed E-state index contributed by atoms with van der Waals surface area (Å²) in [6.07, 6.45) is 0.0552. The van der Waals surface area contributed by atoms with E-state index in [0.717, 1.165) is 0 Å². The van der Waals surface area contributed by atoms with Gasteiger partial charge in [-0.2, -0.15) is 0 Å². The van der Waals surface area contributed by atoms with Gasteiger partial charge in [0.05, 0.1) is 12.0 Å². The Kier molecular flexibility index (Phi) is 5.57. The fourth-order valence-corrected chi connectivity index (χ4v) is 1.96. The number of carbonyl (C=O) groups excluding carboxylic acids is 2. The lowest BCUT2D eigenvalue weighted by molar-refractivity contribution is -0.308. The van der Waals surface area contributed by atoms with Gasteiger partial charge in [0.1, 0.15) is 11.5 Å². The molecule has 0 aliphatic rings. The number of carboxylic acid groups (broad SMARTS) is 1. The van der Waals surface area contributed by atoms with Gasteiger partial charge in [0.2, 0.25) is 0 Å². The number of aliphatic carboxylic acids is 1. The molecular formula is C17H16NO5-. The molecule has 2 aromatic rings. The van der Waals surface area contributed by atoms with Crippen molar-refractivity contribution < 1.29 is 24.5 Å². The Morgan fingerprint density at radius 1 is 1.09 bits per heavy atom. The van der Waals surface area contributed by atoms with Crippen LogP contribution < -0.4 is 15.2 Å². The molecular weight excluding hydrogens is 298 g/mol. The number of phenols is 1. The first kappa shape index (κ1) is 16.4. The van der Waals surface area contributed by atoms with Gasteiger partial charge < -0.3 is 25.1 Å². The molecule has 2 N–H and O–H groups in total. The molecule has 6 nitrogen and oxygen atoms in total. The van der Waals surface area contributed by atoms with E-state index in [1.54, 1.807) is 36.4 Å². The van der Waals surface area contributed by atoms with Gasteiger partial charge in [-0.25, -0.2) is 0 Å². The number of para-hydroxylation sites is 1. The van der Waals surface area contributed by atoms with Crippen molar-refractivity contribution in [2.24, 2.45) is 0 Å². The summed E-state index contributed by atoms with van der Waals surface area (Å²) in [6.45, 7) is -0.288. The van der Waals surface area contributed by atoms with Crippen LogP contribution in [-0.2, 0) is 16.0 Å². The zero-order valence-electron chi connectivity index (χ0n) is 12.3. The molecule has 0 saturated heterocycles. The number of amides is 1. The predicted molar refractivity (Wildman–Crippen MR) is 80.7 cm³/mol. The van der Waals surface area contributed by atoms with E-state index in [-0.39, 0.29) is 18.8 Å². The Bertz CT molecular complexity index is 654. The first-order valence-corrected chi connectivity index (χ1v) is 7.00. The molecule has 0 radical (unpaired) electrons. The Balaban J connectivity index is 1.89. The molecule has 0 aliphatic carbocycles. The van der Waals surface area contributed by atoms with E-state index in [2.05, 4.69) is 5.32 Å². The van der Waals surface area contributed by atoms with Crippen LogP contribution in [0.4, 0.5) is 0 Å². The number of carboxylic acids is 1. The molecule has 23 heavy (non-hydrogen) atoms. The number of hydrogen-bond donors (Lipinski definition) is 2. The maximum atomic E-state index is 11.8. The Morgan fingerprint density at radius 2 is 1.74 bits per heavy atom. The lowest BCUT2D eigenvalue weighted by Gasteiger charge is -2.20. The summed E-state index contributed by atoms with van der Waals surface area (Å²) in [5, 5.41) is 22.7. The van der Waals surface area contributed by atoms with Crippen molar-refractivity contribution in [3.63, 3.8) is 0 Å². The molecule has 0 spiro atoms. The Hall–Kier alpha value is -3.02. The van der Waals surface area contributed by atoms with Crippen molar-refractivity contribution in [1.29, 1.82) is 0 Å². The second-order valence-electron chi connectivity index (χ2n) is 4.91. The van der Waals surface area contributed by atoms with E-state index < -0.39 is 17.9 Å². The smallest absolute Gasteiger partial charge is 0.258 e. The van der Waals surface area contributed by atoms with Gasteiger partial charge in [-0.05, 0) is 36.2 Å². The molecule has 0 fully saturated rings. The van der Waals surface area contributed by atoms with Gasteiger partial charge in [-0.15, -0.1) is 0 Å². The topological polar surface area (TPSA) is 98.7 Å². The summed E-state index contributed by atoms with van der Waals surface area (Å²) < 4.78 is 5.26. The number of hydrogen-bond acceptors (Lipinski definition) is 5. The summed E-state index contributed by atoms with van der Waals surface area (Å²) in [5.41, 5.74) is 0.654. The molecule has 1 unspecified atom stereocenters. The monoisotopic (exact) mass is 314 g/mol. The van der Waals surface area contributed by atoms with Crippen LogP contribution in [-0.4, -0.2) is 29.6 Å². The molecule has 0 aromatic heterocycles. The number of benzene rings is 2. The highest BCUT2D eigenvalue weighted by Gasteiger charge is 2.14. The zero-order valence-corrected chi connectivity index (χ0v) is 12.3. The van der Waals surface area contributed by atoms with E-state index in [1.807, 2.05) is 6.07 Å². The van der Waals surface area contributed by atoms with E-state index in [9.17, 15) is 19.8 Å². The van der Waals surface area contributed by atoms with Gasteiger partial charge in [0, 0.05) is 0 Å². The van der Waals surface area contributed by atoms with Gasteiger partial charge in [0.15, 0.2) is 6.61 Å². The molecule has 1 amide bonds. The van der Waals surface area contributed by atoms with Crippen molar-refractivity contribution in [2.75, 3.05) is 6.61 Å². The van der Waals surface area contributed by atoms with Crippen LogP contribution in [0, 0.1) is 0 Å². The SMILES string of the molecule is O=C(COc1ccccc1)NC(Cc1ccc(O)cc1)C(=O)[O-]. The highest BCUT2D eigenvalue weighted by atomic mass is 16.5. The summed E-state index contributed by atoms with van der Waals surface area (Å²) >= 11 is 0. The maximum absolute atomic E-state index is 11.8. The molecule has 1 atom stereocenters. The third-order valence-electron chi connectivity index (χ3n) is 3.11. The van der Waals surface area contributed by atoms with Crippen LogP contribution in [0.5, 0.6) is 11.5 Å². The Labute approximate surface area is 133 Å². The Morgan fingerprint density at radius 3 is 2.35 bits per heavy atom. The summed E-state index contributed by atoms with van der Waals surface area (Å²) in [6, 6.07) is 13.6. The molecule has 0 heterocycles. The fraction of sp³-hybridized carbons (Fsp3) is 0.176. The fourth-order valence-electron chi connectivity index (χ4n) is 1.96. The van der Waals surface area contributed by atoms with Crippen molar-refractivity contribution in [2.45, 2.75) is 12.5 Å². The van der Waals surface area contributed by atoms with Gasteiger partial charge in [0.25, 0.3) is 5.91 Å². The number of nitrogens with one attached hydrogen (secondary N) is 1. The molecule has 0 saturated carbocycles. The second-order valence-corrected chi connectivity index (χ2v) is 4.91. The molecule has 120 valence electrons. The lowest BCUT2D eigenvalue weighted by atomic mass is 10.1. The van der Waals surface area contributed by atoms with Crippen molar-refractivity contribution in [3.8, 4) is 11.5 Å². The van der Waals surface area contributed by atoms with E-state index in [0.29, 0.717) is 11.3 Å². The quantitative estimate of drug-likeness (QED) is 0.763. The van der Waals surface area contributed by atoms with Crippen LogP contribution in [0.15, 0.2) is 54.6 Å². The van der Waals surface area contributed by atoms with E-state index in [4.69, 9.17) is 4.74 Å². The predicted octanol–water partition coefficient (Wildman–Crippen LogP) is 0.248. The normalized spacial score (nSPS) is 11.5. The number of phenolic OH excluding ortho intramolecular Hbond substituents is 1. The molecule has 0 aliphatic heterocycles. The molecule has 2 aromatic carbocycles.